The number of ether oxygens (including phenoxy) is 5. The molecule has 0 spiro atoms. The van der Waals surface area contributed by atoms with Crippen molar-refractivity contribution < 1.29 is 73.1 Å². The topological polar surface area (TPSA) is 267 Å². The van der Waals surface area contributed by atoms with Gasteiger partial charge in [0.05, 0.1) is 30.5 Å². The summed E-state index contributed by atoms with van der Waals surface area (Å²) in [5.41, 5.74) is 8.24. The zero-order chi connectivity index (χ0) is 51.9. The van der Waals surface area contributed by atoms with E-state index in [1.807, 2.05) is 58.1 Å². The molecule has 396 valence electrons. The molecular weight excluding hydrogens is 907 g/mol. The Hall–Kier alpha value is -3.69. The van der Waals surface area contributed by atoms with Crippen LogP contribution >= 0.6 is 0 Å². The van der Waals surface area contributed by atoms with Crippen molar-refractivity contribution in [1.82, 2.24) is 4.90 Å². The van der Waals surface area contributed by atoms with Crippen LogP contribution in [0.3, 0.4) is 0 Å². The van der Waals surface area contributed by atoms with Gasteiger partial charge >= 0.3 is 11.9 Å². The molecule has 4 rings (SSSR count). The number of nitrogens with two attached hydrogens (primary N) is 1. The second kappa shape index (κ2) is 27.9. The average Bonchev–Trinajstić information content (AvgIpc) is 3.33. The fourth-order valence-electron chi connectivity index (χ4n) is 10.4. The van der Waals surface area contributed by atoms with Crippen LogP contribution in [0.1, 0.15) is 119 Å². The van der Waals surface area contributed by atoms with Crippen LogP contribution in [0.2, 0.25) is 0 Å². The molecule has 3 aliphatic heterocycles. The van der Waals surface area contributed by atoms with Crippen LogP contribution in [0.5, 0.6) is 0 Å². The minimum absolute atomic E-state index is 0.0127. The van der Waals surface area contributed by atoms with E-state index in [2.05, 4.69) is 0 Å². The third kappa shape index (κ3) is 16.2. The monoisotopic (exact) mass is 990 g/mol. The number of nitrogens with zero attached hydrogens (tertiary/aromatic N) is 1. The molecule has 0 unspecified atom stereocenters. The molecule has 18 nitrogen and oxygen atoms in total. The Morgan fingerprint density at radius 3 is 2.29 bits per heavy atom. The third-order valence-electron chi connectivity index (χ3n) is 14.8. The summed E-state index contributed by atoms with van der Waals surface area (Å²) in [7, 11) is 4.61. The van der Waals surface area contributed by atoms with Gasteiger partial charge in [-0.15, -0.1) is 0 Å². The zero-order valence-corrected chi connectivity index (χ0v) is 42.8. The Kier molecular flexibility index (Phi) is 23.5. The number of nitrogens with one attached hydrogen (secondary N) is 1. The number of carbonyl (C=O) groups is 4. The molecular formula is C52H83N3O15. The van der Waals surface area contributed by atoms with Gasteiger partial charge in [0.1, 0.15) is 24.4 Å². The second-order valence-electron chi connectivity index (χ2n) is 20.3. The maximum Gasteiger partial charge on any atom is 0.333 e. The van der Waals surface area contributed by atoms with E-state index in [-0.39, 0.29) is 36.9 Å². The summed E-state index contributed by atoms with van der Waals surface area (Å²) in [4.78, 5) is 66.3. The maximum absolute atomic E-state index is 14.5. The molecule has 7 N–H and O–H groups in total. The van der Waals surface area contributed by atoms with Crippen LogP contribution in [0.4, 0.5) is 0 Å². The summed E-state index contributed by atoms with van der Waals surface area (Å²) in [5.74, 6) is -8.32. The van der Waals surface area contributed by atoms with E-state index in [0.29, 0.717) is 69.8 Å². The Morgan fingerprint density at radius 1 is 0.900 bits per heavy atom. The number of aliphatic hydroxyl groups is 3. The zero-order valence-electron chi connectivity index (χ0n) is 42.8. The highest BCUT2D eigenvalue weighted by Crippen LogP contribution is 2.37. The Morgan fingerprint density at radius 2 is 1.61 bits per heavy atom. The lowest BCUT2D eigenvalue weighted by Crippen LogP contribution is -2.61. The number of carboxylic acids is 1. The minimum Gasteiger partial charge on any atom is -0.479 e. The highest BCUT2D eigenvalue weighted by Gasteiger charge is 2.53. The van der Waals surface area contributed by atoms with E-state index in [4.69, 9.17) is 44.6 Å². The molecule has 0 aromatic carbocycles. The lowest BCUT2D eigenvalue weighted by Gasteiger charge is -2.43. The number of carbonyl (C=O) groups excluding carboxylic acids is 3. The van der Waals surface area contributed by atoms with Gasteiger partial charge in [-0.1, -0.05) is 64.2 Å². The smallest absolute Gasteiger partial charge is 0.333 e. The molecule has 1 saturated carbocycles. The van der Waals surface area contributed by atoms with Crippen molar-refractivity contribution >= 4 is 29.3 Å². The van der Waals surface area contributed by atoms with E-state index in [1.165, 1.54) is 12.0 Å². The summed E-state index contributed by atoms with van der Waals surface area (Å²) in [6.07, 6.45) is 9.85. The van der Waals surface area contributed by atoms with Crippen molar-refractivity contribution in [3.05, 3.63) is 47.6 Å². The van der Waals surface area contributed by atoms with Gasteiger partial charge in [0.2, 0.25) is 5.79 Å². The van der Waals surface area contributed by atoms with Gasteiger partial charge in [-0.05, 0) is 107 Å². The molecule has 1 amide bonds. The number of hydrogen-bond acceptors (Lipinski definition) is 16. The van der Waals surface area contributed by atoms with Gasteiger partial charge in [-0.25, -0.2) is 19.4 Å². The number of fused-ring (bicyclic) bond motifs is 3. The number of hydrogen-bond donors (Lipinski definition) is 6. The molecule has 0 aromatic heterocycles. The van der Waals surface area contributed by atoms with Gasteiger partial charge < -0.3 is 60.2 Å². The number of aliphatic carboxylic acids is 1. The molecule has 70 heavy (non-hydrogen) atoms. The first-order chi connectivity index (χ1) is 33.1. The lowest BCUT2D eigenvalue weighted by atomic mass is 9.80. The normalized spacial score (nSPS) is 39.4. The number of ketones is 1. The molecule has 2 saturated heterocycles. The Bertz CT molecular complexity index is 1870. The number of allylic oxidation sites excluding steroid dienone is 5. The number of Topliss-reactive ketones (excluding diaryl/α,β-unsaturated/α-hetero) is 1. The van der Waals surface area contributed by atoms with Crippen molar-refractivity contribution in [2.24, 2.45) is 35.3 Å². The quantitative estimate of drug-likeness (QED) is 0.0543. The van der Waals surface area contributed by atoms with Crippen LogP contribution in [0.15, 0.2) is 47.6 Å². The predicted octanol–water partition coefficient (Wildman–Crippen LogP) is 5.15. The molecule has 0 aromatic rings. The fourth-order valence-corrected chi connectivity index (χ4v) is 10.4. The first-order valence-corrected chi connectivity index (χ1v) is 25.1. The van der Waals surface area contributed by atoms with Gasteiger partial charge in [-0.3, -0.25) is 9.59 Å². The first-order valence-electron chi connectivity index (χ1n) is 25.1. The number of amides is 1. The maximum atomic E-state index is 14.5. The number of esters is 1. The van der Waals surface area contributed by atoms with Gasteiger partial charge in [-0.2, -0.15) is 0 Å². The van der Waals surface area contributed by atoms with Crippen LogP contribution in [-0.4, -0.2) is 156 Å². The van der Waals surface area contributed by atoms with E-state index >= 15 is 0 Å². The molecule has 2 bridgehead atoms. The number of carboxylic acid groups (broad SMARTS) is 1. The first kappa shape index (κ1) is 58.9. The second-order valence-corrected chi connectivity index (χ2v) is 20.3. The highest BCUT2D eigenvalue weighted by atomic mass is 17.2. The molecule has 1 aliphatic carbocycles. The largest absolute Gasteiger partial charge is 0.479 e. The summed E-state index contributed by atoms with van der Waals surface area (Å²) < 4.78 is 30.0. The van der Waals surface area contributed by atoms with Gasteiger partial charge in [0, 0.05) is 64.3 Å². The fraction of sp³-hybridized carbons (Fsp3) is 0.750. The van der Waals surface area contributed by atoms with Crippen LogP contribution in [0, 0.1) is 35.0 Å². The van der Waals surface area contributed by atoms with Crippen molar-refractivity contribution in [3.8, 4) is 0 Å². The van der Waals surface area contributed by atoms with E-state index in [1.54, 1.807) is 34.1 Å². The molecule has 0 radical (unpaired) electrons. The molecule has 16 atom stereocenters. The van der Waals surface area contributed by atoms with Crippen molar-refractivity contribution in [3.63, 3.8) is 0 Å². The number of aliphatic hydroxyl groups excluding tert-OH is 2. The van der Waals surface area contributed by atoms with Crippen LogP contribution in [-0.2, 0) is 52.6 Å². The average molecular weight is 990 g/mol. The van der Waals surface area contributed by atoms with Gasteiger partial charge in [0.25, 0.3) is 11.7 Å². The SMILES string of the molecule is CO[C@H]1C[C@@H]2CC[C@@H](C)[C@@](O)(O2)C(=O)C(=O)N2CCCC[C@H]2C(=O)O[C@H]([C@H](N)C[C@@H]2CC[C@@H](O)[C@H](OC)C2)C[C@@H](OC)[C@H](C)/C=C(\C)[C@@H](OOCC(=O)O)[C@@H](O)C(=N)[C@H](C)C[C@H](C)/C=C/C=C/C=C/1C. The predicted molar refractivity (Wildman–Crippen MR) is 260 cm³/mol. The van der Waals surface area contributed by atoms with Crippen LogP contribution < -0.4 is 5.73 Å². The van der Waals surface area contributed by atoms with Crippen molar-refractivity contribution in [1.29, 1.82) is 5.41 Å². The Balaban J connectivity index is 1.76. The molecule has 18 heteroatoms. The molecule has 4 aliphatic rings. The van der Waals surface area contributed by atoms with E-state index in [9.17, 15) is 39.6 Å². The minimum atomic E-state index is -2.45. The van der Waals surface area contributed by atoms with Crippen molar-refractivity contribution in [2.45, 2.75) is 185 Å². The standard InChI is InChI=1S/C52H83N3O15/c1-30-15-11-10-12-16-31(2)41(64-7)27-37-20-18-35(6)52(63,69-37)49(60)50(61)55-22-14-13-17-39(55)51(62)68-43(38(53)25-36-19-21-40(56)44(26-36)66-9)28-42(65-8)32(3)24-34(5)48(70-67-29-45(57)58)47(59)46(54)33(4)23-30/h10-12,15-16,24,30,32-33,35-44,47-48,54,56,59,63H,13-14,17-23,25-29,53H2,1-9H3,(H,57,58)/b12-10+,15-11+,31-16+,34-24+,54-46?/t30-,32-,33-,35-,36+,37+,38-,39+,40-,41+,42-,43+,44-,47+,48-,52-/m1/s1. The molecule has 3 heterocycles. The third-order valence-corrected chi connectivity index (χ3v) is 14.8. The number of methoxy groups -OCH3 is 3. The number of piperidine rings is 1. The Labute approximate surface area is 414 Å². The van der Waals surface area contributed by atoms with Crippen molar-refractivity contribution in [2.75, 3.05) is 34.5 Å². The van der Waals surface area contributed by atoms with E-state index < -0.39 is 115 Å². The summed E-state index contributed by atoms with van der Waals surface area (Å²) >= 11 is 0. The van der Waals surface area contributed by atoms with Crippen LogP contribution in [0.25, 0.3) is 0 Å². The lowest BCUT2D eigenvalue weighted by molar-refractivity contribution is -0.321. The van der Waals surface area contributed by atoms with E-state index in [0.717, 1.165) is 5.57 Å². The summed E-state index contributed by atoms with van der Waals surface area (Å²) in [5, 5.41) is 52.5. The number of rotatable bonds is 10. The summed E-state index contributed by atoms with van der Waals surface area (Å²) in [6.45, 7) is 10.2. The molecule has 3 fully saturated rings. The van der Waals surface area contributed by atoms with Gasteiger partial charge in [0.15, 0.2) is 6.61 Å². The number of cyclic esters (lactones) is 1. The highest BCUT2D eigenvalue weighted by molar-refractivity contribution is 6.39. The summed E-state index contributed by atoms with van der Waals surface area (Å²) in [6, 6.07) is -1.92.